The van der Waals surface area contributed by atoms with E-state index in [1.54, 1.807) is 12.3 Å². The van der Waals surface area contributed by atoms with Gasteiger partial charge in [0, 0.05) is 24.1 Å². The zero-order chi connectivity index (χ0) is 15.5. The van der Waals surface area contributed by atoms with Gasteiger partial charge in [-0.2, -0.15) is 0 Å². The first kappa shape index (κ1) is 15.1. The van der Waals surface area contributed by atoms with Crippen LogP contribution in [-0.2, 0) is 5.75 Å². The van der Waals surface area contributed by atoms with Crippen LogP contribution in [0.2, 0.25) is 0 Å². The number of nitrogens with zero attached hydrogens (tertiary/aromatic N) is 2. The van der Waals surface area contributed by atoms with Crippen molar-refractivity contribution in [3.8, 4) is 0 Å². The summed E-state index contributed by atoms with van der Waals surface area (Å²) in [6, 6.07) is 5.84. The number of nitrogens with one attached hydrogen (secondary N) is 1. The van der Waals surface area contributed by atoms with Crippen LogP contribution >= 0.6 is 11.8 Å². The van der Waals surface area contributed by atoms with Crippen molar-refractivity contribution in [3.63, 3.8) is 0 Å². The standard InChI is InChI=1S/C16H19N3O2S/c1-3-11-8-14(11)18-15(20)13-5-4-6-17-16(13)22-9-12-7-10(2)21-19-12/h4-7,11,14H,3,8-9H2,1-2H3,(H,18,20)/t11-,14+/m0/s1. The van der Waals surface area contributed by atoms with E-state index < -0.39 is 0 Å². The van der Waals surface area contributed by atoms with E-state index in [-0.39, 0.29) is 5.91 Å². The van der Waals surface area contributed by atoms with E-state index in [2.05, 4.69) is 22.4 Å². The molecule has 1 N–H and O–H groups in total. The van der Waals surface area contributed by atoms with Crippen molar-refractivity contribution >= 4 is 17.7 Å². The molecule has 0 spiro atoms. The number of aryl methyl sites for hydroxylation is 1. The second-order valence-corrected chi connectivity index (χ2v) is 6.52. The minimum atomic E-state index is -0.0344. The third-order valence-corrected chi connectivity index (χ3v) is 4.85. The van der Waals surface area contributed by atoms with Crippen LogP contribution in [0.15, 0.2) is 33.9 Å². The Balaban J connectivity index is 1.65. The fourth-order valence-corrected chi connectivity index (χ4v) is 3.30. The summed E-state index contributed by atoms with van der Waals surface area (Å²) in [5.74, 6) is 2.02. The number of thioether (sulfide) groups is 1. The van der Waals surface area contributed by atoms with E-state index in [0.717, 1.165) is 29.3 Å². The highest BCUT2D eigenvalue weighted by Gasteiger charge is 2.36. The molecular weight excluding hydrogens is 298 g/mol. The maximum atomic E-state index is 12.4. The Kier molecular flexibility index (Phi) is 4.47. The van der Waals surface area contributed by atoms with Crippen LogP contribution < -0.4 is 5.32 Å². The quantitative estimate of drug-likeness (QED) is 0.829. The lowest BCUT2D eigenvalue weighted by Gasteiger charge is -2.08. The molecule has 2 heterocycles. The van der Waals surface area contributed by atoms with Crippen molar-refractivity contribution in [3.05, 3.63) is 41.4 Å². The Labute approximate surface area is 133 Å². The molecule has 2 aromatic rings. The molecule has 1 saturated carbocycles. The Morgan fingerprint density at radius 3 is 3.09 bits per heavy atom. The number of carbonyl (C=O) groups is 1. The minimum absolute atomic E-state index is 0.0344. The maximum absolute atomic E-state index is 12.4. The molecule has 0 aromatic carbocycles. The number of aromatic nitrogens is 2. The molecule has 22 heavy (non-hydrogen) atoms. The molecule has 0 unspecified atom stereocenters. The molecule has 2 aromatic heterocycles. The highest BCUT2D eigenvalue weighted by atomic mass is 32.2. The smallest absolute Gasteiger partial charge is 0.254 e. The molecule has 1 aliphatic carbocycles. The van der Waals surface area contributed by atoms with E-state index in [4.69, 9.17) is 4.52 Å². The van der Waals surface area contributed by atoms with E-state index in [1.807, 2.05) is 19.1 Å². The van der Waals surface area contributed by atoms with Crippen LogP contribution in [0, 0.1) is 12.8 Å². The average Bonchev–Trinajstić information content (AvgIpc) is 3.15. The zero-order valence-electron chi connectivity index (χ0n) is 12.7. The third-order valence-electron chi connectivity index (χ3n) is 3.81. The summed E-state index contributed by atoms with van der Waals surface area (Å²) in [6.45, 7) is 4.02. The molecule has 0 bridgehead atoms. The Hall–Kier alpha value is -1.82. The van der Waals surface area contributed by atoms with Crippen LogP contribution in [-0.4, -0.2) is 22.1 Å². The Bertz CT molecular complexity index is 671. The lowest BCUT2D eigenvalue weighted by molar-refractivity contribution is 0.0945. The second-order valence-electron chi connectivity index (χ2n) is 5.56. The summed E-state index contributed by atoms with van der Waals surface area (Å²) < 4.78 is 5.05. The lowest BCUT2D eigenvalue weighted by atomic mass is 10.2. The van der Waals surface area contributed by atoms with E-state index in [1.165, 1.54) is 11.8 Å². The number of hydrogen-bond donors (Lipinski definition) is 1. The first-order chi connectivity index (χ1) is 10.7. The van der Waals surface area contributed by atoms with Crippen LogP contribution in [0.4, 0.5) is 0 Å². The normalized spacial score (nSPS) is 19.9. The van der Waals surface area contributed by atoms with E-state index in [9.17, 15) is 4.79 Å². The summed E-state index contributed by atoms with van der Waals surface area (Å²) in [5.41, 5.74) is 1.49. The van der Waals surface area contributed by atoms with Gasteiger partial charge >= 0.3 is 0 Å². The lowest BCUT2D eigenvalue weighted by Crippen LogP contribution is -2.27. The number of hydrogen-bond acceptors (Lipinski definition) is 5. The van der Waals surface area contributed by atoms with Crippen LogP contribution in [0.3, 0.4) is 0 Å². The van der Waals surface area contributed by atoms with Crippen molar-refractivity contribution in [2.75, 3.05) is 0 Å². The van der Waals surface area contributed by atoms with Crippen molar-refractivity contribution in [1.82, 2.24) is 15.5 Å². The summed E-state index contributed by atoms with van der Waals surface area (Å²) in [7, 11) is 0. The van der Waals surface area contributed by atoms with Gasteiger partial charge in [0.05, 0.1) is 11.3 Å². The molecule has 3 rings (SSSR count). The molecular formula is C16H19N3O2S. The van der Waals surface area contributed by atoms with Gasteiger partial charge in [0.2, 0.25) is 0 Å². The van der Waals surface area contributed by atoms with Gasteiger partial charge in [-0.05, 0) is 31.4 Å². The molecule has 5 nitrogen and oxygen atoms in total. The molecule has 0 aliphatic heterocycles. The van der Waals surface area contributed by atoms with Gasteiger partial charge in [0.25, 0.3) is 5.91 Å². The molecule has 2 atom stereocenters. The average molecular weight is 317 g/mol. The SMILES string of the molecule is CC[C@H]1C[C@H]1NC(=O)c1cccnc1SCc1cc(C)on1. The van der Waals surface area contributed by atoms with Crippen molar-refractivity contribution in [1.29, 1.82) is 0 Å². The number of pyridine rings is 1. The van der Waals surface area contributed by atoms with E-state index in [0.29, 0.717) is 23.3 Å². The highest BCUT2D eigenvalue weighted by Crippen LogP contribution is 2.33. The summed E-state index contributed by atoms with van der Waals surface area (Å²) >= 11 is 1.50. The van der Waals surface area contributed by atoms with Gasteiger partial charge < -0.3 is 9.84 Å². The van der Waals surface area contributed by atoms with E-state index >= 15 is 0 Å². The van der Waals surface area contributed by atoms with Gasteiger partial charge in [-0.25, -0.2) is 4.98 Å². The van der Waals surface area contributed by atoms with Crippen LogP contribution in [0.5, 0.6) is 0 Å². The molecule has 116 valence electrons. The largest absolute Gasteiger partial charge is 0.361 e. The van der Waals surface area contributed by atoms with Crippen molar-refractivity contribution in [2.45, 2.75) is 43.5 Å². The van der Waals surface area contributed by atoms with Crippen molar-refractivity contribution in [2.24, 2.45) is 5.92 Å². The summed E-state index contributed by atoms with van der Waals surface area (Å²) in [6.07, 6.45) is 3.91. The fraction of sp³-hybridized carbons (Fsp3) is 0.438. The molecule has 6 heteroatoms. The second kappa shape index (κ2) is 6.52. The molecule has 1 fully saturated rings. The molecule has 1 amide bonds. The Morgan fingerprint density at radius 1 is 1.55 bits per heavy atom. The molecule has 0 saturated heterocycles. The monoisotopic (exact) mass is 317 g/mol. The minimum Gasteiger partial charge on any atom is -0.361 e. The predicted molar refractivity (Wildman–Crippen MR) is 84.7 cm³/mol. The highest BCUT2D eigenvalue weighted by molar-refractivity contribution is 7.98. The van der Waals surface area contributed by atoms with Crippen molar-refractivity contribution < 1.29 is 9.32 Å². The zero-order valence-corrected chi connectivity index (χ0v) is 13.5. The van der Waals surface area contributed by atoms with Gasteiger partial charge in [-0.3, -0.25) is 4.79 Å². The topological polar surface area (TPSA) is 68.0 Å². The van der Waals surface area contributed by atoms with Gasteiger partial charge in [-0.1, -0.05) is 30.3 Å². The van der Waals surface area contributed by atoms with Gasteiger partial charge in [0.1, 0.15) is 10.8 Å². The van der Waals surface area contributed by atoms with Gasteiger partial charge in [0.15, 0.2) is 0 Å². The first-order valence-corrected chi connectivity index (χ1v) is 8.46. The summed E-state index contributed by atoms with van der Waals surface area (Å²) in [5, 5.41) is 7.78. The Morgan fingerprint density at radius 2 is 2.41 bits per heavy atom. The number of amides is 1. The van der Waals surface area contributed by atoms with Crippen LogP contribution in [0.25, 0.3) is 0 Å². The first-order valence-electron chi connectivity index (χ1n) is 7.48. The predicted octanol–water partition coefficient (Wildman–Crippen LogP) is 3.20. The summed E-state index contributed by atoms with van der Waals surface area (Å²) in [4.78, 5) is 16.7. The van der Waals surface area contributed by atoms with Gasteiger partial charge in [-0.15, -0.1) is 0 Å². The molecule has 1 aliphatic rings. The number of carbonyl (C=O) groups excluding carboxylic acids is 1. The third kappa shape index (κ3) is 3.50. The maximum Gasteiger partial charge on any atom is 0.254 e. The molecule has 0 radical (unpaired) electrons. The van der Waals surface area contributed by atoms with Crippen LogP contribution in [0.1, 0.15) is 41.6 Å². The fourth-order valence-electron chi connectivity index (χ4n) is 2.43. The number of rotatable bonds is 6.